The number of nitrogen functional groups attached to an aromatic ring is 1. The van der Waals surface area contributed by atoms with E-state index >= 15 is 0 Å². The zero-order valence-electron chi connectivity index (χ0n) is 8.23. The highest BCUT2D eigenvalue weighted by atomic mass is 15.3. The molecule has 72 valence electrons. The number of rotatable bonds is 1. The minimum Gasteiger partial charge on any atom is -0.399 e. The van der Waals surface area contributed by atoms with Gasteiger partial charge in [0.05, 0.1) is 5.69 Å². The van der Waals surface area contributed by atoms with Crippen LogP contribution in [0.5, 0.6) is 0 Å². The van der Waals surface area contributed by atoms with Crippen molar-refractivity contribution in [3.05, 3.63) is 35.9 Å². The zero-order valence-corrected chi connectivity index (χ0v) is 8.23. The van der Waals surface area contributed by atoms with E-state index in [2.05, 4.69) is 10.1 Å². The Bertz CT molecular complexity index is 459. The van der Waals surface area contributed by atoms with Crippen molar-refractivity contribution in [3.8, 4) is 5.69 Å². The van der Waals surface area contributed by atoms with Gasteiger partial charge in [-0.2, -0.15) is 5.10 Å². The highest BCUT2D eigenvalue weighted by Gasteiger charge is 2.02. The Morgan fingerprint density at radius 2 is 2.07 bits per heavy atom. The van der Waals surface area contributed by atoms with E-state index in [1.54, 1.807) is 11.0 Å². The SMILES string of the molecule is Cc1ncn(-c2ccc(N)cc2C)n1. The fourth-order valence-electron chi connectivity index (χ4n) is 1.40. The van der Waals surface area contributed by atoms with Crippen molar-refractivity contribution < 1.29 is 0 Å². The van der Waals surface area contributed by atoms with E-state index in [9.17, 15) is 0 Å². The third-order valence-electron chi connectivity index (χ3n) is 2.07. The largest absolute Gasteiger partial charge is 0.399 e. The average molecular weight is 188 g/mol. The molecule has 0 atom stereocenters. The van der Waals surface area contributed by atoms with Gasteiger partial charge in [-0.05, 0) is 37.6 Å². The second-order valence-electron chi connectivity index (χ2n) is 3.28. The minimum absolute atomic E-state index is 0.765. The zero-order chi connectivity index (χ0) is 10.1. The summed E-state index contributed by atoms with van der Waals surface area (Å²) in [5.74, 6) is 0.765. The molecule has 0 saturated carbocycles. The summed E-state index contributed by atoms with van der Waals surface area (Å²) in [7, 11) is 0. The van der Waals surface area contributed by atoms with Crippen LogP contribution >= 0.6 is 0 Å². The predicted octanol–water partition coefficient (Wildman–Crippen LogP) is 1.47. The van der Waals surface area contributed by atoms with Gasteiger partial charge in [0.2, 0.25) is 0 Å². The predicted molar refractivity (Wildman–Crippen MR) is 55.2 cm³/mol. The average Bonchev–Trinajstić information content (AvgIpc) is 2.51. The van der Waals surface area contributed by atoms with Crippen LogP contribution in [-0.2, 0) is 0 Å². The molecule has 1 heterocycles. The molecular formula is C10H12N4. The minimum atomic E-state index is 0.765. The molecule has 0 aliphatic heterocycles. The summed E-state index contributed by atoms with van der Waals surface area (Å²) in [6.07, 6.45) is 1.70. The molecule has 0 aliphatic rings. The standard InChI is InChI=1S/C10H12N4/c1-7-5-9(11)3-4-10(7)14-6-12-8(2)13-14/h3-6H,11H2,1-2H3. The number of aryl methyl sites for hydroxylation is 2. The Kier molecular flexibility index (Phi) is 1.96. The molecule has 4 nitrogen and oxygen atoms in total. The fraction of sp³-hybridized carbons (Fsp3) is 0.200. The van der Waals surface area contributed by atoms with E-state index in [-0.39, 0.29) is 0 Å². The van der Waals surface area contributed by atoms with Crippen LogP contribution in [0.3, 0.4) is 0 Å². The van der Waals surface area contributed by atoms with Crippen LogP contribution in [0.4, 0.5) is 5.69 Å². The molecule has 0 radical (unpaired) electrons. The van der Waals surface area contributed by atoms with Crippen molar-refractivity contribution in [1.29, 1.82) is 0 Å². The number of nitrogens with two attached hydrogens (primary N) is 1. The Morgan fingerprint density at radius 3 is 2.64 bits per heavy atom. The number of nitrogens with zero attached hydrogens (tertiary/aromatic N) is 3. The van der Waals surface area contributed by atoms with Crippen LogP contribution in [0.2, 0.25) is 0 Å². The van der Waals surface area contributed by atoms with Crippen LogP contribution in [-0.4, -0.2) is 14.8 Å². The molecule has 0 aliphatic carbocycles. The highest BCUT2D eigenvalue weighted by molar-refractivity contribution is 5.50. The molecule has 0 amide bonds. The first kappa shape index (κ1) is 8.74. The van der Waals surface area contributed by atoms with E-state index in [0.29, 0.717) is 0 Å². The Labute approximate surface area is 82.4 Å². The van der Waals surface area contributed by atoms with Crippen molar-refractivity contribution >= 4 is 5.69 Å². The van der Waals surface area contributed by atoms with Gasteiger partial charge >= 0.3 is 0 Å². The first-order chi connectivity index (χ1) is 6.66. The van der Waals surface area contributed by atoms with Gasteiger partial charge in [0.25, 0.3) is 0 Å². The lowest BCUT2D eigenvalue weighted by molar-refractivity contribution is 0.856. The molecule has 0 fully saturated rings. The van der Waals surface area contributed by atoms with Crippen molar-refractivity contribution in [2.75, 3.05) is 5.73 Å². The van der Waals surface area contributed by atoms with Gasteiger partial charge in [0.1, 0.15) is 12.2 Å². The summed E-state index contributed by atoms with van der Waals surface area (Å²) in [6.45, 7) is 3.87. The molecular weight excluding hydrogens is 176 g/mol. The molecule has 0 saturated heterocycles. The maximum atomic E-state index is 5.67. The number of anilines is 1. The van der Waals surface area contributed by atoms with Crippen LogP contribution in [0.1, 0.15) is 11.4 Å². The van der Waals surface area contributed by atoms with Crippen LogP contribution in [0.15, 0.2) is 24.5 Å². The van der Waals surface area contributed by atoms with Crippen molar-refractivity contribution in [2.24, 2.45) is 0 Å². The van der Waals surface area contributed by atoms with E-state index in [4.69, 9.17) is 5.73 Å². The van der Waals surface area contributed by atoms with Gasteiger partial charge in [-0.1, -0.05) is 0 Å². The first-order valence-electron chi connectivity index (χ1n) is 4.41. The number of hydrogen-bond donors (Lipinski definition) is 1. The van der Waals surface area contributed by atoms with Gasteiger partial charge in [0, 0.05) is 5.69 Å². The van der Waals surface area contributed by atoms with Crippen LogP contribution in [0.25, 0.3) is 5.69 Å². The number of aromatic nitrogens is 3. The summed E-state index contributed by atoms with van der Waals surface area (Å²) in [6, 6.07) is 5.73. The lowest BCUT2D eigenvalue weighted by atomic mass is 10.2. The topological polar surface area (TPSA) is 56.7 Å². The van der Waals surface area contributed by atoms with E-state index in [1.807, 2.05) is 32.0 Å². The van der Waals surface area contributed by atoms with Crippen molar-refractivity contribution in [1.82, 2.24) is 14.8 Å². The van der Waals surface area contributed by atoms with Crippen LogP contribution in [0, 0.1) is 13.8 Å². The molecule has 0 bridgehead atoms. The monoisotopic (exact) mass is 188 g/mol. The molecule has 0 spiro atoms. The molecule has 0 unspecified atom stereocenters. The van der Waals surface area contributed by atoms with E-state index < -0.39 is 0 Å². The summed E-state index contributed by atoms with van der Waals surface area (Å²) < 4.78 is 1.75. The molecule has 2 rings (SSSR count). The lowest BCUT2D eigenvalue weighted by Gasteiger charge is -2.05. The molecule has 2 N–H and O–H groups in total. The highest BCUT2D eigenvalue weighted by Crippen LogP contribution is 2.15. The summed E-state index contributed by atoms with van der Waals surface area (Å²) in [5, 5.41) is 4.24. The second kappa shape index (κ2) is 3.14. The summed E-state index contributed by atoms with van der Waals surface area (Å²) in [4.78, 5) is 4.08. The molecule has 4 heteroatoms. The lowest BCUT2D eigenvalue weighted by Crippen LogP contribution is -1.98. The van der Waals surface area contributed by atoms with Gasteiger partial charge in [-0.25, -0.2) is 9.67 Å². The van der Waals surface area contributed by atoms with Gasteiger partial charge in [0.15, 0.2) is 0 Å². The first-order valence-corrected chi connectivity index (χ1v) is 4.41. The fourth-order valence-corrected chi connectivity index (χ4v) is 1.40. The molecule has 14 heavy (non-hydrogen) atoms. The van der Waals surface area contributed by atoms with Gasteiger partial charge in [-0.3, -0.25) is 0 Å². The van der Waals surface area contributed by atoms with Crippen molar-refractivity contribution in [2.45, 2.75) is 13.8 Å². The van der Waals surface area contributed by atoms with Gasteiger partial charge in [-0.15, -0.1) is 0 Å². The molecule has 1 aromatic heterocycles. The Balaban J connectivity index is 2.52. The van der Waals surface area contributed by atoms with E-state index in [0.717, 1.165) is 22.8 Å². The normalized spacial score (nSPS) is 10.4. The smallest absolute Gasteiger partial charge is 0.147 e. The second-order valence-corrected chi connectivity index (χ2v) is 3.28. The molecule has 1 aromatic carbocycles. The van der Waals surface area contributed by atoms with E-state index in [1.165, 1.54) is 0 Å². The molecule has 2 aromatic rings. The maximum absolute atomic E-state index is 5.67. The summed E-state index contributed by atoms with van der Waals surface area (Å²) >= 11 is 0. The van der Waals surface area contributed by atoms with Gasteiger partial charge < -0.3 is 5.73 Å². The quantitative estimate of drug-likeness (QED) is 0.689. The number of benzene rings is 1. The van der Waals surface area contributed by atoms with Crippen LogP contribution < -0.4 is 5.73 Å². The summed E-state index contributed by atoms with van der Waals surface area (Å²) in [5.41, 5.74) is 8.54. The number of hydrogen-bond acceptors (Lipinski definition) is 3. The third-order valence-corrected chi connectivity index (χ3v) is 2.07. The third kappa shape index (κ3) is 1.46. The maximum Gasteiger partial charge on any atom is 0.147 e. The Hall–Kier alpha value is -1.84. The van der Waals surface area contributed by atoms with Crippen molar-refractivity contribution in [3.63, 3.8) is 0 Å². The Morgan fingerprint density at radius 1 is 1.29 bits per heavy atom.